The van der Waals surface area contributed by atoms with Gasteiger partial charge in [0.25, 0.3) is 5.91 Å². The molecule has 0 saturated carbocycles. The first-order valence-electron chi connectivity index (χ1n) is 10.9. The fourth-order valence-electron chi connectivity index (χ4n) is 3.56. The van der Waals surface area contributed by atoms with Gasteiger partial charge in [-0.3, -0.25) is 4.79 Å². The molecule has 3 nitrogen and oxygen atoms in total. The van der Waals surface area contributed by atoms with Gasteiger partial charge in [-0.1, -0.05) is 50.6 Å². The van der Waals surface area contributed by atoms with Crippen molar-refractivity contribution in [2.24, 2.45) is 0 Å². The van der Waals surface area contributed by atoms with Gasteiger partial charge in [0.2, 0.25) is 0 Å². The molecule has 34 heavy (non-hydrogen) atoms. The van der Waals surface area contributed by atoms with Crippen LogP contribution in [0.5, 0.6) is 0 Å². The Balaban J connectivity index is 1.90. The lowest BCUT2D eigenvalue weighted by atomic mass is 9.95. The van der Waals surface area contributed by atoms with Gasteiger partial charge in [-0.25, -0.2) is 0 Å². The van der Waals surface area contributed by atoms with Crippen LogP contribution in [0.1, 0.15) is 52.0 Å². The molecule has 0 spiro atoms. The molecule has 1 amide bonds. The van der Waals surface area contributed by atoms with Crippen LogP contribution in [0, 0.1) is 0 Å². The summed E-state index contributed by atoms with van der Waals surface area (Å²) in [5.74, 6) is -0.232. The molecule has 1 N–H and O–H groups in total. The average Bonchev–Trinajstić information content (AvgIpc) is 3.25. The number of carbonyl (C=O) groups excluding carboxylic acids is 1. The number of halogens is 4. The highest BCUT2D eigenvalue weighted by atomic mass is 35.5. The van der Waals surface area contributed by atoms with Crippen LogP contribution in [0.4, 0.5) is 18.9 Å². The summed E-state index contributed by atoms with van der Waals surface area (Å²) in [4.78, 5) is 17.5. The molecule has 0 bridgehead atoms. The number of rotatable bonds is 7. The Labute approximate surface area is 207 Å². The normalized spacial score (nSPS) is 12.0. The summed E-state index contributed by atoms with van der Waals surface area (Å²) in [5, 5.41) is 3.45. The quantitative estimate of drug-likeness (QED) is 0.355. The van der Waals surface area contributed by atoms with E-state index in [4.69, 9.17) is 11.6 Å². The van der Waals surface area contributed by atoms with Gasteiger partial charge in [0.1, 0.15) is 0 Å². The van der Waals surface area contributed by atoms with E-state index >= 15 is 0 Å². The number of hydrogen-bond acceptors (Lipinski definition) is 3. The number of amides is 1. The summed E-state index contributed by atoms with van der Waals surface area (Å²) in [7, 11) is 1.72. The number of anilines is 1. The molecule has 0 aliphatic rings. The molecule has 0 aliphatic heterocycles. The third-order valence-corrected chi connectivity index (χ3v) is 7.17. The Morgan fingerprint density at radius 3 is 2.41 bits per heavy atom. The second kappa shape index (κ2) is 10.4. The van der Waals surface area contributed by atoms with Gasteiger partial charge in [0.15, 0.2) is 0 Å². The molecule has 0 saturated heterocycles. The van der Waals surface area contributed by atoms with Gasteiger partial charge in [-0.2, -0.15) is 13.2 Å². The van der Waals surface area contributed by atoms with Crippen molar-refractivity contribution in [3.63, 3.8) is 0 Å². The largest absolute Gasteiger partial charge is 0.416 e. The zero-order valence-corrected chi connectivity index (χ0v) is 21.2. The van der Waals surface area contributed by atoms with Crippen molar-refractivity contribution in [1.29, 1.82) is 0 Å². The number of nitrogens with zero attached hydrogens (tertiary/aromatic N) is 1. The van der Waals surface area contributed by atoms with E-state index < -0.39 is 11.7 Å². The lowest BCUT2D eigenvalue weighted by Crippen LogP contribution is -2.32. The Hall–Kier alpha value is -2.51. The van der Waals surface area contributed by atoms with Gasteiger partial charge in [0, 0.05) is 34.1 Å². The van der Waals surface area contributed by atoms with Gasteiger partial charge < -0.3 is 10.2 Å². The molecule has 1 aromatic heterocycles. The van der Waals surface area contributed by atoms with E-state index in [1.54, 1.807) is 47.5 Å². The molecule has 0 radical (unpaired) electrons. The zero-order valence-electron chi connectivity index (χ0n) is 19.6. The van der Waals surface area contributed by atoms with Crippen LogP contribution < -0.4 is 5.32 Å². The fraction of sp³-hybridized carbons (Fsp3) is 0.346. The monoisotopic (exact) mass is 508 g/mol. The van der Waals surface area contributed by atoms with Crippen LogP contribution in [-0.4, -0.2) is 24.4 Å². The first-order valence-corrected chi connectivity index (χ1v) is 12.1. The van der Waals surface area contributed by atoms with Crippen LogP contribution in [0.3, 0.4) is 0 Å². The van der Waals surface area contributed by atoms with Crippen LogP contribution >= 0.6 is 22.9 Å². The summed E-state index contributed by atoms with van der Waals surface area (Å²) < 4.78 is 39.4. The molecule has 0 aliphatic carbocycles. The zero-order chi connectivity index (χ0) is 25.1. The van der Waals surface area contributed by atoms with E-state index in [9.17, 15) is 18.0 Å². The van der Waals surface area contributed by atoms with Gasteiger partial charge in [0.05, 0.1) is 17.7 Å². The van der Waals surface area contributed by atoms with Crippen molar-refractivity contribution in [1.82, 2.24) is 4.90 Å². The van der Waals surface area contributed by atoms with E-state index in [2.05, 4.69) is 32.2 Å². The summed E-state index contributed by atoms with van der Waals surface area (Å²) in [6.45, 7) is 7.01. The minimum Gasteiger partial charge on any atom is -0.387 e. The summed E-state index contributed by atoms with van der Waals surface area (Å²) in [5.41, 5.74) is 0.881. The number of thiophene rings is 1. The second-order valence-electron chi connectivity index (χ2n) is 9.13. The number of benzene rings is 2. The standard InChI is InChI=1S/C26H28ClF3N2OS/c1-25(2,3)23-11-9-20(34-23)16-32(24(33)21-15-19(27)8-10-22(21)31-4)13-12-17-6-5-7-18(14-17)26(28,29)30/h5-11,14-15,31H,12-13,16H2,1-4H3. The van der Waals surface area contributed by atoms with Crippen molar-refractivity contribution in [3.05, 3.63) is 86.1 Å². The SMILES string of the molecule is CNc1ccc(Cl)cc1C(=O)N(CCc1cccc(C(F)(F)F)c1)Cc1ccc(C(C)(C)C)s1. The van der Waals surface area contributed by atoms with E-state index in [1.165, 1.54) is 10.9 Å². The number of alkyl halides is 3. The van der Waals surface area contributed by atoms with Gasteiger partial charge in [-0.05, 0) is 53.8 Å². The minimum absolute atomic E-state index is 0.0119. The molecule has 3 rings (SSSR count). The van der Waals surface area contributed by atoms with Crippen LogP contribution in [0.15, 0.2) is 54.6 Å². The maximum absolute atomic E-state index is 13.6. The second-order valence-corrected chi connectivity index (χ2v) is 10.7. The lowest BCUT2D eigenvalue weighted by Gasteiger charge is -2.24. The maximum Gasteiger partial charge on any atom is 0.416 e. The molecule has 8 heteroatoms. The Morgan fingerprint density at radius 1 is 1.06 bits per heavy atom. The highest BCUT2D eigenvalue weighted by Gasteiger charge is 2.30. The van der Waals surface area contributed by atoms with Crippen molar-refractivity contribution in [2.45, 2.75) is 45.3 Å². The highest BCUT2D eigenvalue weighted by molar-refractivity contribution is 7.12. The summed E-state index contributed by atoms with van der Waals surface area (Å²) in [6, 6.07) is 14.4. The van der Waals surface area contributed by atoms with Gasteiger partial charge >= 0.3 is 6.18 Å². The predicted octanol–water partition coefficient (Wildman–Crippen LogP) is 7.64. The lowest BCUT2D eigenvalue weighted by molar-refractivity contribution is -0.137. The van der Waals surface area contributed by atoms with E-state index in [0.29, 0.717) is 34.8 Å². The third kappa shape index (κ3) is 6.54. The molecule has 3 aromatic rings. The van der Waals surface area contributed by atoms with Crippen LogP contribution in [0.2, 0.25) is 5.02 Å². The minimum atomic E-state index is -4.41. The van der Waals surface area contributed by atoms with Crippen molar-refractivity contribution in [3.8, 4) is 0 Å². The van der Waals surface area contributed by atoms with E-state index in [1.807, 2.05) is 6.07 Å². The van der Waals surface area contributed by atoms with Gasteiger partial charge in [-0.15, -0.1) is 11.3 Å². The van der Waals surface area contributed by atoms with Crippen molar-refractivity contribution in [2.75, 3.05) is 18.9 Å². The van der Waals surface area contributed by atoms with E-state index in [0.717, 1.165) is 17.0 Å². The number of nitrogens with one attached hydrogen (secondary N) is 1. The maximum atomic E-state index is 13.6. The van der Waals surface area contributed by atoms with E-state index in [-0.39, 0.29) is 17.9 Å². The Bertz CT molecular complexity index is 1150. The van der Waals surface area contributed by atoms with Crippen LogP contribution in [-0.2, 0) is 24.6 Å². The Morgan fingerprint density at radius 2 is 1.79 bits per heavy atom. The average molecular weight is 509 g/mol. The third-order valence-electron chi connectivity index (χ3n) is 5.44. The molecule has 0 fully saturated rings. The molecular formula is C26H28ClF3N2OS. The van der Waals surface area contributed by atoms with Crippen LogP contribution in [0.25, 0.3) is 0 Å². The molecular weight excluding hydrogens is 481 g/mol. The van der Waals surface area contributed by atoms with Crippen molar-refractivity contribution >= 4 is 34.5 Å². The Kier molecular flexibility index (Phi) is 7.98. The molecule has 2 aromatic carbocycles. The number of hydrogen-bond donors (Lipinski definition) is 1. The summed E-state index contributed by atoms with van der Waals surface area (Å²) >= 11 is 7.80. The predicted molar refractivity (Wildman–Crippen MR) is 134 cm³/mol. The summed E-state index contributed by atoms with van der Waals surface area (Å²) in [6.07, 6.45) is -4.11. The smallest absolute Gasteiger partial charge is 0.387 e. The fourth-order valence-corrected chi connectivity index (χ4v) is 4.81. The molecule has 182 valence electrons. The molecule has 0 unspecified atom stereocenters. The number of carbonyl (C=O) groups is 1. The molecule has 1 heterocycles. The molecule has 0 atom stereocenters. The van der Waals surface area contributed by atoms with Crippen molar-refractivity contribution < 1.29 is 18.0 Å². The highest BCUT2D eigenvalue weighted by Crippen LogP contribution is 2.32. The first-order chi connectivity index (χ1) is 15.9. The first kappa shape index (κ1) is 26.1. The topological polar surface area (TPSA) is 32.3 Å².